The summed E-state index contributed by atoms with van der Waals surface area (Å²) in [6.07, 6.45) is 5.41. The minimum atomic E-state index is 0.00985. The molecule has 1 fully saturated rings. The van der Waals surface area contributed by atoms with Crippen molar-refractivity contribution >= 4 is 29.2 Å². The summed E-state index contributed by atoms with van der Waals surface area (Å²) in [4.78, 5) is 11.0. The first-order chi connectivity index (χ1) is 13.0. The molecule has 2 aromatic heterocycles. The Bertz CT molecular complexity index is 805. The Balaban J connectivity index is 1.82. The summed E-state index contributed by atoms with van der Waals surface area (Å²) in [5.41, 5.74) is 8.28. The lowest BCUT2D eigenvalue weighted by Crippen LogP contribution is -2.43. The molecule has 3 heterocycles. The first-order valence-electron chi connectivity index (χ1n) is 8.99. The molecule has 1 aliphatic rings. The fraction of sp³-hybridized carbons (Fsp3) is 0.421. The van der Waals surface area contributed by atoms with Crippen LogP contribution < -0.4 is 15.4 Å². The molecule has 0 radical (unpaired) electrons. The van der Waals surface area contributed by atoms with Crippen molar-refractivity contribution in [2.75, 3.05) is 43.1 Å². The smallest absolute Gasteiger partial charge is 0.214 e. The fourth-order valence-electron chi connectivity index (χ4n) is 2.97. The van der Waals surface area contributed by atoms with Crippen molar-refractivity contribution in [2.24, 2.45) is 0 Å². The van der Waals surface area contributed by atoms with E-state index in [1.165, 1.54) is 0 Å². The van der Waals surface area contributed by atoms with Gasteiger partial charge in [0.05, 0.1) is 23.7 Å². The molecular weight excluding hydrogens is 360 g/mol. The van der Waals surface area contributed by atoms with Gasteiger partial charge >= 0.3 is 0 Å². The Morgan fingerprint density at radius 2 is 1.96 bits per heavy atom. The third-order valence-electron chi connectivity index (χ3n) is 4.39. The van der Waals surface area contributed by atoms with Gasteiger partial charge in [0.15, 0.2) is 0 Å². The second-order valence-electron chi connectivity index (χ2n) is 6.65. The molecule has 0 saturated carbocycles. The summed E-state index contributed by atoms with van der Waals surface area (Å²) in [7, 11) is 0. The molecule has 1 aliphatic heterocycles. The second kappa shape index (κ2) is 8.58. The highest BCUT2D eigenvalue weighted by molar-refractivity contribution is 7.96. The highest BCUT2D eigenvalue weighted by Crippen LogP contribution is 2.23. The number of ether oxygens (including phenoxy) is 1. The van der Waals surface area contributed by atoms with Crippen molar-refractivity contribution in [3.63, 3.8) is 0 Å². The highest BCUT2D eigenvalue weighted by Gasteiger charge is 2.19. The highest BCUT2D eigenvalue weighted by atomic mass is 32.2. The van der Waals surface area contributed by atoms with E-state index in [0.717, 1.165) is 37.6 Å². The van der Waals surface area contributed by atoms with E-state index in [4.69, 9.17) is 15.9 Å². The van der Waals surface area contributed by atoms with Crippen LogP contribution in [0, 0.1) is 5.41 Å². The topological polar surface area (TPSA) is 91.4 Å². The maximum Gasteiger partial charge on any atom is 0.214 e. The monoisotopic (exact) mass is 386 g/mol. The van der Waals surface area contributed by atoms with Crippen LogP contribution in [-0.4, -0.2) is 58.5 Å². The van der Waals surface area contributed by atoms with Crippen LogP contribution in [0.4, 0.5) is 11.5 Å². The molecule has 8 heteroatoms. The van der Waals surface area contributed by atoms with Gasteiger partial charge in [-0.3, -0.25) is 5.41 Å². The van der Waals surface area contributed by atoms with Crippen LogP contribution in [0.3, 0.4) is 0 Å². The third-order valence-corrected chi connectivity index (χ3v) is 5.27. The number of aromatic nitrogens is 2. The Labute approximate surface area is 164 Å². The molecular formula is C19H26N6OS. The van der Waals surface area contributed by atoms with E-state index < -0.39 is 0 Å². The lowest BCUT2D eigenvalue weighted by molar-refractivity contribution is 0.232. The van der Waals surface area contributed by atoms with Gasteiger partial charge in [-0.1, -0.05) is 11.9 Å². The molecule has 0 spiro atoms. The Kier molecular flexibility index (Phi) is 6.18. The zero-order chi connectivity index (χ0) is 19.4. The molecule has 0 atom stereocenters. The van der Waals surface area contributed by atoms with Crippen molar-refractivity contribution in [3.05, 3.63) is 41.7 Å². The van der Waals surface area contributed by atoms with E-state index in [9.17, 15) is 0 Å². The first-order valence-corrected chi connectivity index (χ1v) is 10.2. The summed E-state index contributed by atoms with van der Waals surface area (Å²) in [5.74, 6) is 1.37. The van der Waals surface area contributed by atoms with Crippen LogP contribution in [0.2, 0.25) is 0 Å². The normalized spacial score (nSPS) is 15.2. The molecule has 0 bridgehead atoms. The third kappa shape index (κ3) is 4.70. The van der Waals surface area contributed by atoms with Gasteiger partial charge in [0.2, 0.25) is 5.88 Å². The van der Waals surface area contributed by atoms with Gasteiger partial charge in [-0.25, -0.2) is 14.3 Å². The number of pyridine rings is 2. The Morgan fingerprint density at radius 3 is 2.63 bits per heavy atom. The van der Waals surface area contributed by atoms with Crippen LogP contribution in [-0.2, 0) is 0 Å². The Hall–Kier alpha value is -2.32. The van der Waals surface area contributed by atoms with E-state index in [0.29, 0.717) is 22.8 Å². The van der Waals surface area contributed by atoms with Crippen molar-refractivity contribution in [1.82, 2.24) is 14.3 Å². The number of hydrogen-bond donors (Lipinski definition) is 2. The molecule has 0 unspecified atom stereocenters. The zero-order valence-electron chi connectivity index (χ0n) is 16.0. The number of hydrogen-bond acceptors (Lipinski definition) is 8. The summed E-state index contributed by atoms with van der Waals surface area (Å²) in [6, 6.07) is 5.53. The minimum Gasteiger partial charge on any atom is -0.475 e. The molecule has 0 aromatic carbocycles. The van der Waals surface area contributed by atoms with Gasteiger partial charge in [-0.15, -0.1) is 0 Å². The van der Waals surface area contributed by atoms with E-state index in [1.54, 1.807) is 30.4 Å². The first kappa shape index (κ1) is 19.4. The maximum absolute atomic E-state index is 8.64. The van der Waals surface area contributed by atoms with Crippen LogP contribution in [0.25, 0.3) is 0 Å². The lowest BCUT2D eigenvalue weighted by Gasteiger charge is -2.34. The van der Waals surface area contributed by atoms with Crippen molar-refractivity contribution in [1.29, 1.82) is 5.41 Å². The van der Waals surface area contributed by atoms with Crippen LogP contribution in [0.5, 0.6) is 5.88 Å². The Morgan fingerprint density at radius 1 is 1.22 bits per heavy atom. The van der Waals surface area contributed by atoms with Gasteiger partial charge in [-0.05, 0) is 32.2 Å². The van der Waals surface area contributed by atoms with Crippen molar-refractivity contribution in [2.45, 2.75) is 20.0 Å². The van der Waals surface area contributed by atoms with Crippen molar-refractivity contribution in [3.8, 4) is 5.88 Å². The van der Waals surface area contributed by atoms with Crippen LogP contribution in [0.15, 0.2) is 30.6 Å². The number of piperazine rings is 1. The summed E-state index contributed by atoms with van der Waals surface area (Å²) < 4.78 is 7.99. The lowest BCUT2D eigenvalue weighted by atomic mass is 10.0. The van der Waals surface area contributed by atoms with E-state index in [1.807, 2.05) is 26.0 Å². The second-order valence-corrected chi connectivity index (χ2v) is 7.53. The van der Waals surface area contributed by atoms with Gasteiger partial charge in [-0.2, -0.15) is 0 Å². The van der Waals surface area contributed by atoms with E-state index in [-0.39, 0.29) is 6.10 Å². The number of rotatable bonds is 6. The number of nitrogens with two attached hydrogens (primary N) is 1. The molecule has 0 aliphatic carbocycles. The molecule has 144 valence electrons. The van der Waals surface area contributed by atoms with Gasteiger partial charge in [0.1, 0.15) is 5.82 Å². The molecule has 7 nitrogen and oxygen atoms in total. The SMILES string of the molecule is CSN1CCN(c2cc(C(=N)c3cc(OC(C)C)ncc3N)ccn2)CC1. The fourth-order valence-corrected chi connectivity index (χ4v) is 3.50. The predicted molar refractivity (Wildman–Crippen MR) is 112 cm³/mol. The van der Waals surface area contributed by atoms with Crippen LogP contribution in [0.1, 0.15) is 25.0 Å². The molecule has 3 rings (SSSR count). The predicted octanol–water partition coefficient (Wildman–Crippen LogP) is 2.66. The van der Waals surface area contributed by atoms with Crippen LogP contribution >= 0.6 is 11.9 Å². The van der Waals surface area contributed by atoms with Gasteiger partial charge in [0.25, 0.3) is 0 Å². The number of nitrogens with one attached hydrogen (secondary N) is 1. The van der Waals surface area contributed by atoms with E-state index >= 15 is 0 Å². The van der Waals surface area contributed by atoms with E-state index in [2.05, 4.69) is 25.4 Å². The van der Waals surface area contributed by atoms with Gasteiger partial charge < -0.3 is 15.4 Å². The average molecular weight is 387 g/mol. The standard InChI is InChI=1S/C19H26N6OS/c1-13(2)26-18-11-15(16(20)12-23-18)19(21)14-4-5-22-17(10-14)24-6-8-25(27-3)9-7-24/h4-5,10-13,21H,6-9,20H2,1-3H3. The minimum absolute atomic E-state index is 0.00985. The molecule has 27 heavy (non-hydrogen) atoms. The molecule has 0 amide bonds. The summed E-state index contributed by atoms with van der Waals surface area (Å²) in [6.45, 7) is 7.72. The maximum atomic E-state index is 8.64. The summed E-state index contributed by atoms with van der Waals surface area (Å²) >= 11 is 1.78. The quantitative estimate of drug-likeness (QED) is 0.582. The number of nitrogens with zero attached hydrogens (tertiary/aromatic N) is 4. The number of nitrogen functional groups attached to an aromatic ring is 1. The van der Waals surface area contributed by atoms with Crippen molar-refractivity contribution < 1.29 is 4.74 Å². The molecule has 2 aromatic rings. The van der Waals surface area contributed by atoms with Gasteiger partial charge in [0, 0.05) is 49.6 Å². The number of anilines is 2. The molecule has 1 saturated heterocycles. The largest absolute Gasteiger partial charge is 0.475 e. The molecule has 3 N–H and O–H groups in total. The average Bonchev–Trinajstić information content (AvgIpc) is 2.68. The zero-order valence-corrected chi connectivity index (χ0v) is 16.8. The summed E-state index contributed by atoms with van der Waals surface area (Å²) in [5, 5.41) is 8.64.